The summed E-state index contributed by atoms with van der Waals surface area (Å²) in [5, 5.41) is 8.71. The van der Waals surface area contributed by atoms with Gasteiger partial charge in [0.05, 0.1) is 12.8 Å². The normalized spacial score (nSPS) is 17.0. The van der Waals surface area contributed by atoms with Gasteiger partial charge in [0.1, 0.15) is 17.7 Å². The Hall–Kier alpha value is -4.41. The number of hydrogen-bond acceptors (Lipinski definition) is 9. The molecule has 0 radical (unpaired) electrons. The van der Waals surface area contributed by atoms with Crippen LogP contribution in [0, 0.1) is 0 Å². The molecule has 4 aromatic rings. The molecule has 1 atom stereocenters. The number of rotatable bonds is 6. The average molecular weight is 530 g/mol. The van der Waals surface area contributed by atoms with Gasteiger partial charge < -0.3 is 24.0 Å². The third-order valence-corrected chi connectivity index (χ3v) is 7.13. The molecule has 1 saturated heterocycles. The van der Waals surface area contributed by atoms with Gasteiger partial charge in [0, 0.05) is 38.2 Å². The minimum atomic E-state index is -0.634. The molecule has 4 heterocycles. The number of carbonyl (C=O) groups is 1. The molecular weight excluding hydrogens is 498 g/mol. The van der Waals surface area contributed by atoms with E-state index in [0.717, 1.165) is 29.2 Å². The van der Waals surface area contributed by atoms with Crippen LogP contribution >= 0.6 is 0 Å². The summed E-state index contributed by atoms with van der Waals surface area (Å²) in [6.07, 6.45) is 1.70. The summed E-state index contributed by atoms with van der Waals surface area (Å²) in [6.45, 7) is 8.20. The van der Waals surface area contributed by atoms with E-state index in [9.17, 15) is 4.79 Å². The number of benzene rings is 2. The topological polar surface area (TPSA) is 108 Å². The molecule has 2 aliphatic heterocycles. The number of aromatic nitrogens is 5. The Balaban J connectivity index is 1.13. The van der Waals surface area contributed by atoms with E-state index in [1.54, 1.807) is 18.7 Å². The number of para-hydroxylation sites is 1. The van der Waals surface area contributed by atoms with Crippen molar-refractivity contribution in [1.29, 1.82) is 0 Å². The van der Waals surface area contributed by atoms with E-state index in [1.807, 2.05) is 47.4 Å². The Labute approximate surface area is 226 Å². The van der Waals surface area contributed by atoms with E-state index in [4.69, 9.17) is 14.2 Å². The molecule has 202 valence electrons. The van der Waals surface area contributed by atoms with Crippen LogP contribution in [0.25, 0.3) is 16.9 Å². The maximum absolute atomic E-state index is 13.3. The monoisotopic (exact) mass is 529 g/mol. The number of amides is 1. The highest BCUT2D eigenvalue weighted by Crippen LogP contribution is 2.42. The van der Waals surface area contributed by atoms with E-state index < -0.39 is 6.10 Å². The van der Waals surface area contributed by atoms with Gasteiger partial charge in [-0.15, -0.1) is 5.10 Å². The molecule has 2 aliphatic rings. The molecule has 0 saturated carbocycles. The quantitative estimate of drug-likeness (QED) is 0.372. The number of piperazine rings is 1. The summed E-state index contributed by atoms with van der Waals surface area (Å²) in [5.41, 5.74) is 2.88. The maximum Gasteiger partial charge on any atom is 0.263 e. The van der Waals surface area contributed by atoms with Crippen LogP contribution in [-0.4, -0.2) is 80.8 Å². The Morgan fingerprint density at radius 2 is 1.82 bits per heavy atom. The molecule has 1 amide bonds. The Kier molecular flexibility index (Phi) is 6.20. The van der Waals surface area contributed by atoms with Gasteiger partial charge >= 0.3 is 0 Å². The van der Waals surface area contributed by atoms with Crippen molar-refractivity contribution in [3.05, 3.63) is 54.4 Å². The summed E-state index contributed by atoms with van der Waals surface area (Å²) in [5.74, 6) is 2.76. The van der Waals surface area contributed by atoms with Crippen molar-refractivity contribution in [1.82, 2.24) is 29.9 Å². The Morgan fingerprint density at radius 1 is 1.05 bits per heavy atom. The third kappa shape index (κ3) is 4.68. The first-order chi connectivity index (χ1) is 18.8. The number of nitrogens with zero attached hydrogens (tertiary/aromatic N) is 7. The number of anilines is 1. The minimum Gasteiger partial charge on any atom is -0.497 e. The molecule has 1 unspecified atom stereocenters. The first-order valence-corrected chi connectivity index (χ1v) is 13.0. The molecule has 39 heavy (non-hydrogen) atoms. The van der Waals surface area contributed by atoms with Gasteiger partial charge in [0.2, 0.25) is 0 Å². The number of fused-ring (bicyclic) bond motifs is 2. The summed E-state index contributed by atoms with van der Waals surface area (Å²) < 4.78 is 19.2. The van der Waals surface area contributed by atoms with Crippen molar-refractivity contribution < 1.29 is 19.0 Å². The second kappa shape index (κ2) is 9.72. The Morgan fingerprint density at radius 3 is 2.56 bits per heavy atom. The van der Waals surface area contributed by atoms with Crippen LogP contribution in [-0.2, 0) is 11.2 Å². The number of ether oxygens (including phenoxy) is 3. The highest BCUT2D eigenvalue weighted by Gasteiger charge is 2.34. The van der Waals surface area contributed by atoms with E-state index >= 15 is 0 Å². The average Bonchev–Trinajstić information content (AvgIpc) is 3.53. The molecule has 2 aromatic carbocycles. The molecule has 11 nitrogen and oxygen atoms in total. The molecule has 0 bridgehead atoms. The standard InChI is InChI=1S/C28H31N7O4/c1-18(38-22-7-5-6-19-16-28(2,3)39-24(19)22)27(36)34-14-12-33(13-15-34)25-23-26(30-17-29-25)35(32-31-23)20-8-10-21(37-4)11-9-20/h5-11,17-18H,12-16H2,1-4H3. The lowest BCUT2D eigenvalue weighted by Gasteiger charge is -2.36. The van der Waals surface area contributed by atoms with Crippen molar-refractivity contribution in [2.45, 2.75) is 38.9 Å². The first kappa shape index (κ1) is 24.9. The van der Waals surface area contributed by atoms with Crippen LogP contribution in [0.3, 0.4) is 0 Å². The smallest absolute Gasteiger partial charge is 0.263 e. The third-order valence-electron chi connectivity index (χ3n) is 7.13. The van der Waals surface area contributed by atoms with E-state index in [-0.39, 0.29) is 11.5 Å². The van der Waals surface area contributed by atoms with Gasteiger partial charge in [0.25, 0.3) is 5.91 Å². The highest BCUT2D eigenvalue weighted by molar-refractivity contribution is 5.84. The van der Waals surface area contributed by atoms with Crippen molar-refractivity contribution in [2.75, 3.05) is 38.2 Å². The number of hydrogen-bond donors (Lipinski definition) is 0. The molecule has 6 rings (SSSR count). The fraction of sp³-hybridized carbons (Fsp3) is 0.393. The lowest BCUT2D eigenvalue weighted by atomic mass is 10.0. The van der Waals surface area contributed by atoms with Crippen LogP contribution in [0.4, 0.5) is 5.82 Å². The Bertz CT molecular complexity index is 1510. The van der Waals surface area contributed by atoms with Gasteiger partial charge in [-0.05, 0) is 51.1 Å². The van der Waals surface area contributed by atoms with Gasteiger partial charge in [-0.1, -0.05) is 17.3 Å². The molecule has 0 N–H and O–H groups in total. The summed E-state index contributed by atoms with van der Waals surface area (Å²) >= 11 is 0. The second-order valence-corrected chi connectivity index (χ2v) is 10.4. The van der Waals surface area contributed by atoms with E-state index in [2.05, 4.69) is 39.0 Å². The van der Waals surface area contributed by atoms with Gasteiger partial charge in [-0.2, -0.15) is 4.68 Å². The van der Waals surface area contributed by atoms with Crippen LogP contribution < -0.4 is 19.1 Å². The highest BCUT2D eigenvalue weighted by atomic mass is 16.5. The first-order valence-electron chi connectivity index (χ1n) is 13.0. The predicted octanol–water partition coefficient (Wildman–Crippen LogP) is 3.05. The van der Waals surface area contributed by atoms with Gasteiger partial charge in [-0.3, -0.25) is 4.79 Å². The molecule has 11 heteroatoms. The van der Waals surface area contributed by atoms with Crippen molar-refractivity contribution in [3.8, 4) is 22.9 Å². The zero-order valence-electron chi connectivity index (χ0n) is 22.5. The molecule has 1 fully saturated rings. The zero-order valence-corrected chi connectivity index (χ0v) is 22.5. The SMILES string of the molecule is COc1ccc(-n2nnc3c(N4CCN(C(=O)C(C)Oc5cccc6c5OC(C)(C)C6)CC4)ncnc32)cc1. The molecule has 2 aromatic heterocycles. The van der Waals surface area contributed by atoms with Crippen molar-refractivity contribution in [2.24, 2.45) is 0 Å². The molecule has 0 spiro atoms. The van der Waals surface area contributed by atoms with Gasteiger partial charge in [0.15, 0.2) is 34.6 Å². The lowest BCUT2D eigenvalue weighted by molar-refractivity contribution is -0.138. The van der Waals surface area contributed by atoms with Crippen LogP contribution in [0.1, 0.15) is 26.3 Å². The predicted molar refractivity (Wildman–Crippen MR) is 145 cm³/mol. The largest absolute Gasteiger partial charge is 0.497 e. The van der Waals surface area contributed by atoms with Crippen LogP contribution in [0.2, 0.25) is 0 Å². The zero-order chi connectivity index (χ0) is 27.1. The van der Waals surface area contributed by atoms with Crippen LogP contribution in [0.5, 0.6) is 17.2 Å². The molecule has 0 aliphatic carbocycles. The summed E-state index contributed by atoms with van der Waals surface area (Å²) in [7, 11) is 1.63. The lowest BCUT2D eigenvalue weighted by Crippen LogP contribution is -2.52. The van der Waals surface area contributed by atoms with Crippen molar-refractivity contribution in [3.63, 3.8) is 0 Å². The van der Waals surface area contributed by atoms with Gasteiger partial charge in [-0.25, -0.2) is 9.97 Å². The van der Waals surface area contributed by atoms with E-state index in [0.29, 0.717) is 48.9 Å². The van der Waals surface area contributed by atoms with Crippen molar-refractivity contribution >= 4 is 22.9 Å². The fourth-order valence-corrected chi connectivity index (χ4v) is 5.18. The van der Waals surface area contributed by atoms with E-state index in [1.165, 1.54) is 6.33 Å². The number of carbonyl (C=O) groups excluding carboxylic acids is 1. The summed E-state index contributed by atoms with van der Waals surface area (Å²) in [4.78, 5) is 26.2. The molecular formula is C28H31N7O4. The fourth-order valence-electron chi connectivity index (χ4n) is 5.18. The maximum atomic E-state index is 13.3. The second-order valence-electron chi connectivity index (χ2n) is 10.4. The minimum absolute atomic E-state index is 0.0530. The summed E-state index contributed by atoms with van der Waals surface area (Å²) in [6, 6.07) is 13.4. The van der Waals surface area contributed by atoms with Crippen LogP contribution in [0.15, 0.2) is 48.8 Å². The number of methoxy groups -OCH3 is 1.